The van der Waals surface area contributed by atoms with Crippen molar-refractivity contribution in [2.24, 2.45) is 0 Å². The van der Waals surface area contributed by atoms with Crippen LogP contribution in [0.25, 0.3) is 20.8 Å². The molecule has 3 aromatic carbocycles. The Kier molecular flexibility index (Phi) is 4.59. The normalized spacial score (nSPS) is 11.6. The van der Waals surface area contributed by atoms with E-state index in [2.05, 4.69) is 9.71 Å². The van der Waals surface area contributed by atoms with Gasteiger partial charge < -0.3 is 0 Å². The molecule has 8 heteroatoms. The molecular formula is C19H12ClFN2O2S2. The molecule has 0 fully saturated rings. The first-order valence-corrected chi connectivity index (χ1v) is 10.5. The van der Waals surface area contributed by atoms with E-state index in [9.17, 15) is 12.8 Å². The average Bonchev–Trinajstić information content (AvgIpc) is 3.05. The van der Waals surface area contributed by atoms with Crippen LogP contribution in [0.2, 0.25) is 5.02 Å². The molecule has 136 valence electrons. The van der Waals surface area contributed by atoms with Crippen LogP contribution in [-0.2, 0) is 10.0 Å². The summed E-state index contributed by atoms with van der Waals surface area (Å²) < 4.78 is 42.0. The number of thiazole rings is 1. The largest absolute Gasteiger partial charge is 0.279 e. The van der Waals surface area contributed by atoms with Gasteiger partial charge in [-0.1, -0.05) is 35.9 Å². The van der Waals surface area contributed by atoms with E-state index in [1.807, 2.05) is 24.3 Å². The fourth-order valence-electron chi connectivity index (χ4n) is 2.61. The van der Waals surface area contributed by atoms with Gasteiger partial charge in [0.15, 0.2) is 0 Å². The van der Waals surface area contributed by atoms with Gasteiger partial charge in [-0.2, -0.15) is 0 Å². The summed E-state index contributed by atoms with van der Waals surface area (Å²) >= 11 is 7.85. The van der Waals surface area contributed by atoms with Crippen LogP contribution < -0.4 is 4.72 Å². The number of hydrogen-bond acceptors (Lipinski definition) is 4. The number of anilines is 1. The summed E-state index contributed by atoms with van der Waals surface area (Å²) in [4.78, 5) is 4.13. The molecule has 27 heavy (non-hydrogen) atoms. The minimum atomic E-state index is -4.06. The van der Waals surface area contributed by atoms with Crippen LogP contribution in [0.4, 0.5) is 10.1 Å². The Morgan fingerprint density at radius 1 is 1.00 bits per heavy atom. The summed E-state index contributed by atoms with van der Waals surface area (Å²) in [5.41, 5.74) is 1.82. The van der Waals surface area contributed by atoms with E-state index in [1.165, 1.54) is 35.6 Å². The summed E-state index contributed by atoms with van der Waals surface area (Å²) in [6.07, 6.45) is 0. The van der Waals surface area contributed by atoms with Crippen molar-refractivity contribution >= 4 is 48.9 Å². The molecule has 0 saturated heterocycles. The molecule has 0 aliphatic heterocycles. The Bertz CT molecular complexity index is 1220. The number of aromatic nitrogens is 1. The maximum Gasteiger partial charge on any atom is 0.264 e. The van der Waals surface area contributed by atoms with Gasteiger partial charge in [0.05, 0.1) is 20.9 Å². The number of fused-ring (bicyclic) bond motifs is 1. The van der Waals surface area contributed by atoms with Crippen LogP contribution in [0.15, 0.2) is 71.6 Å². The molecule has 0 atom stereocenters. The second-order valence-electron chi connectivity index (χ2n) is 5.72. The third kappa shape index (κ3) is 3.53. The highest BCUT2D eigenvalue weighted by Gasteiger charge is 2.19. The monoisotopic (exact) mass is 418 g/mol. The lowest BCUT2D eigenvalue weighted by Crippen LogP contribution is -2.14. The molecule has 0 aliphatic carbocycles. The van der Waals surface area contributed by atoms with Crippen molar-refractivity contribution in [3.05, 3.63) is 77.6 Å². The summed E-state index contributed by atoms with van der Waals surface area (Å²) in [6.45, 7) is 0. The van der Waals surface area contributed by atoms with E-state index in [0.29, 0.717) is 10.6 Å². The average molecular weight is 419 g/mol. The first-order chi connectivity index (χ1) is 12.9. The van der Waals surface area contributed by atoms with E-state index in [4.69, 9.17) is 11.6 Å². The highest BCUT2D eigenvalue weighted by Crippen LogP contribution is 2.36. The van der Waals surface area contributed by atoms with E-state index >= 15 is 0 Å². The van der Waals surface area contributed by atoms with Gasteiger partial charge in [0.25, 0.3) is 10.0 Å². The molecule has 0 saturated carbocycles. The molecule has 4 aromatic rings. The van der Waals surface area contributed by atoms with Crippen molar-refractivity contribution in [1.82, 2.24) is 4.98 Å². The molecule has 4 rings (SSSR count). The predicted molar refractivity (Wildman–Crippen MR) is 107 cm³/mol. The van der Waals surface area contributed by atoms with E-state index in [0.717, 1.165) is 21.3 Å². The minimum Gasteiger partial charge on any atom is -0.279 e. The van der Waals surface area contributed by atoms with E-state index < -0.39 is 20.7 Å². The fourth-order valence-corrected chi connectivity index (χ4v) is 5.07. The van der Waals surface area contributed by atoms with E-state index in [-0.39, 0.29) is 5.69 Å². The lowest BCUT2D eigenvalue weighted by atomic mass is 10.2. The molecule has 1 aromatic heterocycles. The molecule has 0 radical (unpaired) electrons. The van der Waals surface area contributed by atoms with Gasteiger partial charge >= 0.3 is 0 Å². The zero-order chi connectivity index (χ0) is 19.0. The van der Waals surface area contributed by atoms with Gasteiger partial charge in [-0.05, 0) is 42.5 Å². The number of hydrogen-bond donors (Lipinski definition) is 1. The number of halogens is 2. The van der Waals surface area contributed by atoms with Gasteiger partial charge in [-0.25, -0.2) is 17.8 Å². The summed E-state index contributed by atoms with van der Waals surface area (Å²) in [7, 11) is -4.06. The van der Waals surface area contributed by atoms with Crippen molar-refractivity contribution < 1.29 is 12.8 Å². The first kappa shape index (κ1) is 17.9. The number of nitrogens with zero attached hydrogens (tertiary/aromatic N) is 1. The Morgan fingerprint density at radius 2 is 1.74 bits per heavy atom. The van der Waals surface area contributed by atoms with Gasteiger partial charge in [-0.15, -0.1) is 11.3 Å². The SMILES string of the molecule is O=S(=O)(Nc1ccc(-c2nc3ccccc3s2)c(Cl)c1)c1ccccc1F. The number of sulfonamides is 1. The van der Waals surface area contributed by atoms with Crippen molar-refractivity contribution in [2.75, 3.05) is 4.72 Å². The van der Waals surface area contributed by atoms with Crippen molar-refractivity contribution in [2.45, 2.75) is 4.90 Å². The second kappa shape index (κ2) is 6.92. The van der Waals surface area contributed by atoms with Crippen LogP contribution in [0, 0.1) is 5.82 Å². The van der Waals surface area contributed by atoms with Crippen LogP contribution in [-0.4, -0.2) is 13.4 Å². The number of nitrogens with one attached hydrogen (secondary N) is 1. The Morgan fingerprint density at radius 3 is 2.48 bits per heavy atom. The Hall–Kier alpha value is -2.48. The topological polar surface area (TPSA) is 59.1 Å². The number of rotatable bonds is 4. The van der Waals surface area contributed by atoms with E-state index in [1.54, 1.807) is 12.1 Å². The van der Waals surface area contributed by atoms with Gasteiger partial charge in [0, 0.05) is 5.56 Å². The fraction of sp³-hybridized carbons (Fsp3) is 0. The van der Waals surface area contributed by atoms with Crippen LogP contribution >= 0.6 is 22.9 Å². The smallest absolute Gasteiger partial charge is 0.264 e. The molecule has 4 nitrogen and oxygen atoms in total. The summed E-state index contributed by atoms with van der Waals surface area (Å²) in [5.74, 6) is -0.817. The zero-order valence-electron chi connectivity index (χ0n) is 13.7. The van der Waals surface area contributed by atoms with Gasteiger partial charge in [-0.3, -0.25) is 4.72 Å². The third-order valence-corrected chi connectivity index (χ3v) is 6.67. The van der Waals surface area contributed by atoms with Crippen molar-refractivity contribution in [3.63, 3.8) is 0 Å². The standard InChI is InChI=1S/C19H12ClFN2O2S2/c20-14-11-12(23-27(24,25)18-8-4-1-5-15(18)21)9-10-13(14)19-22-16-6-2-3-7-17(16)26-19/h1-11,23H. The maximum absolute atomic E-state index is 13.8. The maximum atomic E-state index is 13.8. The van der Waals surface area contributed by atoms with Crippen LogP contribution in [0.5, 0.6) is 0 Å². The quantitative estimate of drug-likeness (QED) is 0.472. The number of para-hydroxylation sites is 1. The van der Waals surface area contributed by atoms with Gasteiger partial charge in [0.2, 0.25) is 0 Å². The summed E-state index contributed by atoms with van der Waals surface area (Å²) in [5, 5.41) is 1.09. The predicted octanol–water partition coefficient (Wildman–Crippen LogP) is 5.56. The Balaban J connectivity index is 1.67. The first-order valence-electron chi connectivity index (χ1n) is 7.87. The molecule has 0 aliphatic rings. The molecule has 0 spiro atoms. The Labute approximate surface area is 164 Å². The highest BCUT2D eigenvalue weighted by molar-refractivity contribution is 7.92. The third-order valence-electron chi connectivity index (χ3n) is 3.87. The molecule has 0 amide bonds. The molecule has 0 bridgehead atoms. The van der Waals surface area contributed by atoms with Crippen molar-refractivity contribution in [3.8, 4) is 10.6 Å². The van der Waals surface area contributed by atoms with Crippen LogP contribution in [0.3, 0.4) is 0 Å². The molecular weight excluding hydrogens is 407 g/mol. The van der Waals surface area contributed by atoms with Crippen molar-refractivity contribution in [1.29, 1.82) is 0 Å². The second-order valence-corrected chi connectivity index (χ2v) is 8.81. The molecule has 1 N–H and O–H groups in total. The zero-order valence-corrected chi connectivity index (χ0v) is 16.1. The molecule has 1 heterocycles. The number of benzene rings is 3. The van der Waals surface area contributed by atoms with Crippen LogP contribution in [0.1, 0.15) is 0 Å². The minimum absolute atomic E-state index is 0.244. The lowest BCUT2D eigenvalue weighted by molar-refractivity contribution is 0.570. The molecule has 0 unspecified atom stereocenters. The highest BCUT2D eigenvalue weighted by atomic mass is 35.5. The lowest BCUT2D eigenvalue weighted by Gasteiger charge is -2.10. The summed E-state index contributed by atoms with van der Waals surface area (Å²) in [6, 6.07) is 17.7. The van der Waals surface area contributed by atoms with Gasteiger partial charge in [0.1, 0.15) is 15.7 Å².